The predicted octanol–water partition coefficient (Wildman–Crippen LogP) is 5.69. The van der Waals surface area contributed by atoms with E-state index in [0.717, 1.165) is 48.6 Å². The maximum absolute atomic E-state index is 4.94. The monoisotopic (exact) mass is 370 g/mol. The standard InChI is InChI=1S/C24H26N4/c1-3-10-22-18(2)11-9-16-28(22)24-26-21-15-8-7-14-20(21)23(27-24)25-17-19-12-5-4-6-13-19/h3-8,10,12-15H,9,11,16-17H2,1-2H3,(H,25,26,27)/b10-3-. The second kappa shape index (κ2) is 8.26. The first-order valence-electron chi connectivity index (χ1n) is 9.91. The van der Waals surface area contributed by atoms with Crippen molar-refractivity contribution >= 4 is 22.7 Å². The smallest absolute Gasteiger partial charge is 0.232 e. The van der Waals surface area contributed by atoms with Crippen LogP contribution in [0, 0.1) is 0 Å². The minimum Gasteiger partial charge on any atom is -0.365 e. The Morgan fingerprint density at radius 1 is 1.04 bits per heavy atom. The Morgan fingerprint density at radius 2 is 1.82 bits per heavy atom. The van der Waals surface area contributed by atoms with E-state index in [2.05, 4.69) is 72.6 Å². The van der Waals surface area contributed by atoms with Gasteiger partial charge in [-0.15, -0.1) is 0 Å². The molecule has 0 aliphatic carbocycles. The summed E-state index contributed by atoms with van der Waals surface area (Å²) in [6.45, 7) is 5.93. The molecule has 0 amide bonds. The molecule has 0 bridgehead atoms. The molecule has 1 aliphatic heterocycles. The fourth-order valence-electron chi connectivity index (χ4n) is 3.68. The first-order chi connectivity index (χ1) is 13.8. The van der Waals surface area contributed by atoms with Crippen molar-refractivity contribution in [2.75, 3.05) is 16.8 Å². The minimum atomic E-state index is 0.734. The lowest BCUT2D eigenvalue weighted by Crippen LogP contribution is -2.29. The number of benzene rings is 2. The number of hydrogen-bond acceptors (Lipinski definition) is 4. The van der Waals surface area contributed by atoms with Crippen LogP contribution in [0.25, 0.3) is 10.9 Å². The van der Waals surface area contributed by atoms with Crippen molar-refractivity contribution < 1.29 is 0 Å². The number of allylic oxidation sites excluding steroid dienone is 3. The SMILES string of the molecule is C/C=C\C1=C(C)CCCN1c1nc(NCc2ccccc2)c2ccccc2n1. The molecule has 2 aromatic carbocycles. The van der Waals surface area contributed by atoms with Crippen LogP contribution < -0.4 is 10.2 Å². The van der Waals surface area contributed by atoms with E-state index in [1.807, 2.05) is 18.2 Å². The highest BCUT2D eigenvalue weighted by atomic mass is 15.3. The number of para-hydroxylation sites is 1. The topological polar surface area (TPSA) is 41.1 Å². The van der Waals surface area contributed by atoms with Gasteiger partial charge in [-0.05, 0) is 56.0 Å². The maximum Gasteiger partial charge on any atom is 0.232 e. The van der Waals surface area contributed by atoms with Gasteiger partial charge < -0.3 is 10.2 Å². The van der Waals surface area contributed by atoms with E-state index in [4.69, 9.17) is 9.97 Å². The van der Waals surface area contributed by atoms with Gasteiger partial charge >= 0.3 is 0 Å². The van der Waals surface area contributed by atoms with E-state index in [9.17, 15) is 0 Å². The number of rotatable bonds is 5. The zero-order valence-corrected chi connectivity index (χ0v) is 16.5. The largest absolute Gasteiger partial charge is 0.365 e. The number of hydrogen-bond donors (Lipinski definition) is 1. The molecule has 0 saturated heterocycles. The summed E-state index contributed by atoms with van der Waals surface area (Å²) in [6.07, 6.45) is 6.51. The van der Waals surface area contributed by atoms with Gasteiger partial charge in [-0.2, -0.15) is 4.98 Å². The fraction of sp³-hybridized carbons (Fsp3) is 0.250. The van der Waals surface area contributed by atoms with E-state index in [0.29, 0.717) is 0 Å². The van der Waals surface area contributed by atoms with E-state index < -0.39 is 0 Å². The molecule has 0 radical (unpaired) electrons. The second-order valence-electron chi connectivity index (χ2n) is 7.15. The highest BCUT2D eigenvalue weighted by molar-refractivity contribution is 5.90. The Morgan fingerprint density at radius 3 is 2.64 bits per heavy atom. The highest BCUT2D eigenvalue weighted by Gasteiger charge is 2.21. The van der Waals surface area contributed by atoms with Crippen molar-refractivity contribution in [3.8, 4) is 0 Å². The third-order valence-electron chi connectivity index (χ3n) is 5.12. The van der Waals surface area contributed by atoms with E-state index in [1.54, 1.807) is 0 Å². The quantitative estimate of drug-likeness (QED) is 0.626. The zero-order valence-electron chi connectivity index (χ0n) is 16.5. The molecule has 4 rings (SSSR count). The molecule has 142 valence electrons. The van der Waals surface area contributed by atoms with Crippen molar-refractivity contribution in [2.24, 2.45) is 0 Å². The van der Waals surface area contributed by atoms with Crippen LogP contribution in [-0.4, -0.2) is 16.5 Å². The van der Waals surface area contributed by atoms with E-state index in [-0.39, 0.29) is 0 Å². The molecule has 0 atom stereocenters. The summed E-state index contributed by atoms with van der Waals surface area (Å²) >= 11 is 0. The number of fused-ring (bicyclic) bond motifs is 1. The van der Waals surface area contributed by atoms with Crippen LogP contribution >= 0.6 is 0 Å². The average Bonchev–Trinajstić information content (AvgIpc) is 2.74. The normalized spacial score (nSPS) is 14.9. The molecule has 4 nitrogen and oxygen atoms in total. The van der Waals surface area contributed by atoms with Crippen LogP contribution in [0.15, 0.2) is 78.0 Å². The Balaban J connectivity index is 1.74. The summed E-state index contributed by atoms with van der Waals surface area (Å²) < 4.78 is 0. The van der Waals surface area contributed by atoms with Crippen LogP contribution in [-0.2, 0) is 6.54 Å². The average molecular weight is 371 g/mol. The van der Waals surface area contributed by atoms with Gasteiger partial charge in [0.15, 0.2) is 0 Å². The first-order valence-corrected chi connectivity index (χ1v) is 9.91. The summed E-state index contributed by atoms with van der Waals surface area (Å²) in [7, 11) is 0. The van der Waals surface area contributed by atoms with Crippen LogP contribution in [0.1, 0.15) is 32.3 Å². The molecule has 1 aliphatic rings. The fourth-order valence-corrected chi connectivity index (χ4v) is 3.68. The van der Waals surface area contributed by atoms with Gasteiger partial charge in [0.2, 0.25) is 5.95 Å². The second-order valence-corrected chi connectivity index (χ2v) is 7.15. The van der Waals surface area contributed by atoms with Crippen molar-refractivity contribution in [1.29, 1.82) is 0 Å². The molecule has 0 spiro atoms. The molecule has 0 fully saturated rings. The molecule has 1 aromatic heterocycles. The van der Waals surface area contributed by atoms with Crippen molar-refractivity contribution in [3.63, 3.8) is 0 Å². The van der Waals surface area contributed by atoms with Crippen molar-refractivity contribution in [2.45, 2.75) is 33.2 Å². The molecule has 1 N–H and O–H groups in total. The lowest BCUT2D eigenvalue weighted by Gasteiger charge is -2.30. The van der Waals surface area contributed by atoms with Crippen LogP contribution in [0.4, 0.5) is 11.8 Å². The molecular formula is C24H26N4. The Hall–Kier alpha value is -3.14. The van der Waals surface area contributed by atoms with Gasteiger partial charge in [-0.3, -0.25) is 0 Å². The summed E-state index contributed by atoms with van der Waals surface area (Å²) in [5.41, 5.74) is 4.80. The molecule has 2 heterocycles. The Bertz CT molecular complexity index is 1020. The van der Waals surface area contributed by atoms with Crippen LogP contribution in [0.2, 0.25) is 0 Å². The third kappa shape index (κ3) is 3.77. The number of nitrogens with one attached hydrogen (secondary N) is 1. The zero-order chi connectivity index (χ0) is 19.3. The van der Waals surface area contributed by atoms with Gasteiger partial charge in [-0.25, -0.2) is 4.98 Å². The Kier molecular flexibility index (Phi) is 5.38. The summed E-state index contributed by atoms with van der Waals surface area (Å²) in [6, 6.07) is 18.6. The van der Waals surface area contributed by atoms with Crippen LogP contribution in [0.3, 0.4) is 0 Å². The van der Waals surface area contributed by atoms with Crippen molar-refractivity contribution in [1.82, 2.24) is 9.97 Å². The molecular weight excluding hydrogens is 344 g/mol. The molecule has 0 unspecified atom stereocenters. The summed E-state index contributed by atoms with van der Waals surface area (Å²) in [5, 5.41) is 4.58. The molecule has 28 heavy (non-hydrogen) atoms. The van der Waals surface area contributed by atoms with Gasteiger partial charge in [0, 0.05) is 24.2 Å². The highest BCUT2D eigenvalue weighted by Crippen LogP contribution is 2.30. The summed E-state index contributed by atoms with van der Waals surface area (Å²) in [5.74, 6) is 1.65. The lowest BCUT2D eigenvalue weighted by molar-refractivity contribution is 0.718. The number of anilines is 2. The van der Waals surface area contributed by atoms with Crippen molar-refractivity contribution in [3.05, 3.63) is 83.6 Å². The van der Waals surface area contributed by atoms with Crippen LogP contribution in [0.5, 0.6) is 0 Å². The van der Waals surface area contributed by atoms with E-state index in [1.165, 1.54) is 16.8 Å². The maximum atomic E-state index is 4.94. The molecule has 0 saturated carbocycles. The number of nitrogens with zero attached hydrogens (tertiary/aromatic N) is 3. The molecule has 3 aromatic rings. The third-order valence-corrected chi connectivity index (χ3v) is 5.12. The van der Waals surface area contributed by atoms with Gasteiger partial charge in [0.1, 0.15) is 5.82 Å². The van der Waals surface area contributed by atoms with Gasteiger partial charge in [0.25, 0.3) is 0 Å². The van der Waals surface area contributed by atoms with E-state index >= 15 is 0 Å². The number of aromatic nitrogens is 2. The molecule has 4 heteroatoms. The summed E-state index contributed by atoms with van der Waals surface area (Å²) in [4.78, 5) is 12.1. The minimum absolute atomic E-state index is 0.734. The Labute approximate surface area is 166 Å². The van der Waals surface area contributed by atoms with Gasteiger partial charge in [-0.1, -0.05) is 48.5 Å². The predicted molar refractivity (Wildman–Crippen MR) is 117 cm³/mol. The first kappa shape index (κ1) is 18.2. The lowest BCUT2D eigenvalue weighted by atomic mass is 10.0. The van der Waals surface area contributed by atoms with Gasteiger partial charge in [0.05, 0.1) is 5.52 Å².